The number of halogens is 1. The lowest BCUT2D eigenvalue weighted by atomic mass is 9.89. The van der Waals surface area contributed by atoms with Crippen LogP contribution in [0, 0.1) is 0 Å². The predicted molar refractivity (Wildman–Crippen MR) is 224 cm³/mol. The second kappa shape index (κ2) is 19.7. The molecule has 0 N–H and O–H groups in total. The van der Waals surface area contributed by atoms with Gasteiger partial charge in [0.25, 0.3) is 0 Å². The highest BCUT2D eigenvalue weighted by Gasteiger charge is 2.49. The van der Waals surface area contributed by atoms with Gasteiger partial charge in [-0.1, -0.05) is 156 Å². The van der Waals surface area contributed by atoms with Crippen LogP contribution in [0.4, 0.5) is 0 Å². The molecule has 8 nitrogen and oxygen atoms in total. The zero-order valence-corrected chi connectivity index (χ0v) is 33.5. The van der Waals surface area contributed by atoms with Crippen molar-refractivity contribution in [3.8, 4) is 9.88 Å². The van der Waals surface area contributed by atoms with Gasteiger partial charge in [-0.25, -0.2) is 4.98 Å². The minimum absolute atomic E-state index is 0.273. The Bertz CT molecular complexity index is 2250. The summed E-state index contributed by atoms with van der Waals surface area (Å²) in [6, 6.07) is 46.7. The van der Waals surface area contributed by atoms with Crippen molar-refractivity contribution in [3.05, 3.63) is 195 Å². The summed E-state index contributed by atoms with van der Waals surface area (Å²) in [5.41, 5.74) is 7.78. The fourth-order valence-corrected chi connectivity index (χ4v) is 8.63. The number of nitrogens with zero attached hydrogens (tertiary/aromatic N) is 3. The summed E-state index contributed by atoms with van der Waals surface area (Å²) in [5.74, 6) is 0. The largest absolute Gasteiger partial charge is 0.374 e. The first-order valence-electron chi connectivity index (χ1n) is 18.9. The molecule has 0 aliphatic carbocycles. The average Bonchev–Trinajstić information content (AvgIpc) is 3.97. The van der Waals surface area contributed by atoms with E-state index in [1.165, 1.54) is 11.3 Å². The molecule has 11 heteroatoms. The minimum Gasteiger partial charge on any atom is -0.374 e. The number of hydrogen-bond donors (Lipinski definition) is 0. The smallest absolute Gasteiger partial charge is 0.159 e. The molecule has 1 fully saturated rings. The van der Waals surface area contributed by atoms with Crippen molar-refractivity contribution in [1.82, 2.24) is 15.2 Å². The van der Waals surface area contributed by atoms with Gasteiger partial charge in [0.15, 0.2) is 5.01 Å². The summed E-state index contributed by atoms with van der Waals surface area (Å²) in [6.45, 7) is 1.78. The zero-order chi connectivity index (χ0) is 38.7. The molecular weight excluding hydrogens is 774 g/mol. The van der Waals surface area contributed by atoms with E-state index >= 15 is 0 Å². The Morgan fingerprint density at radius 3 is 1.77 bits per heavy atom. The van der Waals surface area contributed by atoms with E-state index in [1.54, 1.807) is 16.8 Å². The fraction of sp³-hybridized carbons (Fsp3) is 0.239. The van der Waals surface area contributed by atoms with E-state index < -0.39 is 30.5 Å². The van der Waals surface area contributed by atoms with Gasteiger partial charge in [0, 0.05) is 17.6 Å². The van der Waals surface area contributed by atoms with Gasteiger partial charge in [0.05, 0.1) is 42.9 Å². The summed E-state index contributed by atoms with van der Waals surface area (Å²) in [6.07, 6.45) is -0.332. The quantitative estimate of drug-likeness (QED) is 0.0899. The molecule has 2 aromatic heterocycles. The molecule has 57 heavy (non-hydrogen) atoms. The summed E-state index contributed by atoms with van der Waals surface area (Å²) in [5, 5.41) is 10.6. The van der Waals surface area contributed by atoms with Crippen molar-refractivity contribution in [3.63, 3.8) is 0 Å². The van der Waals surface area contributed by atoms with Crippen molar-refractivity contribution in [1.29, 1.82) is 0 Å². The number of rotatable bonds is 17. The van der Waals surface area contributed by atoms with E-state index in [9.17, 15) is 0 Å². The standard InChI is InChI=1S/C46H42ClN3O5S2/c47-38-22-21-36(23-37(38)24-41-48-25-40(57-41)46-50-49-31-56-46)42-44(53-28-34-17-9-3-10-18-34)45(54-29-35-19-11-4-12-20-35)43(52-27-33-15-7-2-8-16-33)39(55-42)30-51-26-32-13-5-1-6-14-32/h1-23,25,31,39,42-45H,24,26-30H2. The first-order chi connectivity index (χ1) is 28.2. The molecular formula is C46H42ClN3O5S2. The molecule has 1 aliphatic heterocycles. The van der Waals surface area contributed by atoms with Crippen LogP contribution in [0.5, 0.6) is 0 Å². The van der Waals surface area contributed by atoms with Crippen molar-refractivity contribution in [2.45, 2.75) is 63.4 Å². The number of benzene rings is 5. The Morgan fingerprint density at radius 1 is 0.632 bits per heavy atom. The average molecular weight is 816 g/mol. The molecule has 0 amide bonds. The second-order valence-corrected chi connectivity index (χ2v) is 16.1. The summed E-state index contributed by atoms with van der Waals surface area (Å²) in [7, 11) is 0. The van der Waals surface area contributed by atoms with Crippen LogP contribution in [0.25, 0.3) is 9.88 Å². The molecule has 5 aromatic carbocycles. The van der Waals surface area contributed by atoms with E-state index in [2.05, 4.69) is 64.8 Å². The predicted octanol–water partition coefficient (Wildman–Crippen LogP) is 10.3. The van der Waals surface area contributed by atoms with Crippen LogP contribution < -0.4 is 0 Å². The topological polar surface area (TPSA) is 84.8 Å². The monoisotopic (exact) mass is 815 g/mol. The van der Waals surface area contributed by atoms with Gasteiger partial charge in [0.2, 0.25) is 0 Å². The molecule has 5 unspecified atom stereocenters. The van der Waals surface area contributed by atoms with Crippen LogP contribution in [0.2, 0.25) is 5.02 Å². The Hall–Kier alpha value is -4.62. The first-order valence-corrected chi connectivity index (χ1v) is 21.0. The van der Waals surface area contributed by atoms with Crippen LogP contribution in [0.3, 0.4) is 0 Å². The first kappa shape index (κ1) is 39.2. The maximum absolute atomic E-state index is 7.17. The van der Waals surface area contributed by atoms with Crippen molar-refractivity contribution >= 4 is 34.3 Å². The van der Waals surface area contributed by atoms with Gasteiger partial charge >= 0.3 is 0 Å². The van der Waals surface area contributed by atoms with E-state index in [4.69, 9.17) is 40.3 Å². The van der Waals surface area contributed by atoms with Gasteiger partial charge in [0.1, 0.15) is 36.0 Å². The molecule has 3 heterocycles. The highest BCUT2D eigenvalue weighted by molar-refractivity contribution is 7.20. The molecule has 7 aromatic rings. The zero-order valence-electron chi connectivity index (χ0n) is 31.1. The van der Waals surface area contributed by atoms with Crippen LogP contribution in [-0.4, -0.2) is 46.2 Å². The van der Waals surface area contributed by atoms with E-state index in [-0.39, 0.29) is 6.61 Å². The molecule has 1 saturated heterocycles. The maximum Gasteiger partial charge on any atom is 0.159 e. The maximum atomic E-state index is 7.17. The normalized spacial score (nSPS) is 19.4. The number of aromatic nitrogens is 3. The Morgan fingerprint density at radius 2 is 1.19 bits per heavy atom. The van der Waals surface area contributed by atoms with Crippen molar-refractivity contribution in [2.24, 2.45) is 0 Å². The Labute approximate surface area is 346 Å². The van der Waals surface area contributed by atoms with Crippen LogP contribution in [-0.2, 0) is 56.5 Å². The molecule has 0 radical (unpaired) electrons. The number of hydrogen-bond acceptors (Lipinski definition) is 10. The highest BCUT2D eigenvalue weighted by atomic mass is 35.5. The lowest BCUT2D eigenvalue weighted by Gasteiger charge is -2.46. The number of thiazole rings is 1. The van der Waals surface area contributed by atoms with Crippen LogP contribution in [0.1, 0.15) is 44.5 Å². The lowest BCUT2D eigenvalue weighted by molar-refractivity contribution is -0.275. The van der Waals surface area contributed by atoms with E-state index in [1.807, 2.05) is 91.1 Å². The van der Waals surface area contributed by atoms with Gasteiger partial charge in [-0.05, 0) is 39.4 Å². The molecule has 290 valence electrons. The third kappa shape index (κ3) is 10.5. The second-order valence-electron chi connectivity index (χ2n) is 13.8. The fourth-order valence-electron chi connectivity index (χ4n) is 6.90. The summed E-state index contributed by atoms with van der Waals surface area (Å²) < 4.78 is 34.4. The van der Waals surface area contributed by atoms with Gasteiger partial charge in [-0.3, -0.25) is 0 Å². The third-order valence-corrected chi connectivity index (χ3v) is 12.0. The SMILES string of the molecule is Clc1ccc(C2OC(COCc3ccccc3)C(OCc3ccccc3)C(OCc3ccccc3)C2OCc2ccccc2)cc1Cc1ncc(-c2nncs2)s1. The van der Waals surface area contributed by atoms with Gasteiger partial charge in [-0.2, -0.15) is 0 Å². The third-order valence-electron chi connectivity index (χ3n) is 9.75. The summed E-state index contributed by atoms with van der Waals surface area (Å²) in [4.78, 5) is 5.68. The molecule has 0 bridgehead atoms. The van der Waals surface area contributed by atoms with Crippen molar-refractivity contribution < 1.29 is 23.7 Å². The van der Waals surface area contributed by atoms with E-state index in [0.29, 0.717) is 37.9 Å². The number of ether oxygens (including phenoxy) is 5. The van der Waals surface area contributed by atoms with Crippen molar-refractivity contribution in [2.75, 3.05) is 6.61 Å². The van der Waals surface area contributed by atoms with Crippen LogP contribution >= 0.6 is 34.3 Å². The van der Waals surface area contributed by atoms with E-state index in [0.717, 1.165) is 48.3 Å². The lowest BCUT2D eigenvalue weighted by Crippen LogP contribution is -2.58. The minimum atomic E-state index is -0.571. The molecule has 0 spiro atoms. The van der Waals surface area contributed by atoms with Gasteiger partial charge in [-0.15, -0.1) is 21.5 Å². The summed E-state index contributed by atoms with van der Waals surface area (Å²) >= 11 is 9.99. The van der Waals surface area contributed by atoms with Crippen LogP contribution in [0.15, 0.2) is 151 Å². The van der Waals surface area contributed by atoms with Gasteiger partial charge < -0.3 is 23.7 Å². The Balaban J connectivity index is 1.15. The molecule has 1 aliphatic rings. The molecule has 5 atom stereocenters. The molecule has 8 rings (SSSR count). The highest BCUT2D eigenvalue weighted by Crippen LogP contribution is 2.40. The Kier molecular flexibility index (Phi) is 13.5. The molecule has 0 saturated carbocycles.